The number of ether oxygens (including phenoxy) is 1. The molecule has 0 fully saturated rings. The first-order chi connectivity index (χ1) is 11.1. The van der Waals surface area contributed by atoms with Crippen LogP contribution in [-0.2, 0) is 22.5 Å². The monoisotopic (exact) mass is 314 g/mol. The van der Waals surface area contributed by atoms with Crippen LogP contribution in [0.3, 0.4) is 0 Å². The second kappa shape index (κ2) is 7.95. The molecule has 6 heteroatoms. The number of alkyl carbamates (subject to hydrolysis) is 1. The summed E-state index contributed by atoms with van der Waals surface area (Å²) in [5, 5.41) is 12.1. The maximum atomic E-state index is 11.8. The quantitative estimate of drug-likeness (QED) is 0.576. The lowest BCUT2D eigenvalue weighted by Gasteiger charge is -2.12. The van der Waals surface area contributed by atoms with Crippen molar-refractivity contribution < 1.29 is 19.4 Å². The molecule has 0 aliphatic carbocycles. The number of phenols is 1. The lowest BCUT2D eigenvalue weighted by atomic mass is 10.1. The molecule has 4 N–H and O–H groups in total. The molecule has 0 aromatic heterocycles. The summed E-state index contributed by atoms with van der Waals surface area (Å²) in [6, 6.07) is 14.7. The minimum Gasteiger partial charge on any atom is -0.508 e. The average molecular weight is 314 g/mol. The molecule has 0 radical (unpaired) electrons. The van der Waals surface area contributed by atoms with Crippen molar-refractivity contribution in [1.82, 2.24) is 5.32 Å². The number of rotatable bonds is 5. The largest absolute Gasteiger partial charge is 0.508 e. The molecule has 2 aromatic rings. The Kier molecular flexibility index (Phi) is 5.71. The zero-order valence-electron chi connectivity index (χ0n) is 12.4. The summed E-state index contributed by atoms with van der Waals surface area (Å²) in [4.78, 5) is 23.4. The Morgan fingerprint density at radius 1 is 1.09 bits per heavy atom. The molecule has 0 heterocycles. The number of nitrogens with two attached hydrogens (primary N) is 1. The minimum absolute atomic E-state index is 0.0456. The Hall–Kier alpha value is -2.86. The van der Waals surface area contributed by atoms with Gasteiger partial charge in [-0.25, -0.2) is 9.59 Å². The van der Waals surface area contributed by atoms with Crippen LogP contribution in [0.2, 0.25) is 0 Å². The molecular weight excluding hydrogens is 296 g/mol. The average Bonchev–Trinajstić information content (AvgIpc) is 2.56. The number of para-hydroxylation sites is 1. The molecular formula is C17H18N2O4. The van der Waals surface area contributed by atoms with Gasteiger partial charge in [-0.15, -0.1) is 0 Å². The Bertz CT molecular complexity index is 673. The van der Waals surface area contributed by atoms with E-state index in [0.29, 0.717) is 5.56 Å². The van der Waals surface area contributed by atoms with Gasteiger partial charge in [-0.05, 0) is 17.2 Å². The third kappa shape index (κ3) is 5.12. The zero-order valence-corrected chi connectivity index (χ0v) is 12.4. The van der Waals surface area contributed by atoms with E-state index in [2.05, 4.69) is 10.1 Å². The molecule has 0 bridgehead atoms. The maximum absolute atomic E-state index is 11.8. The van der Waals surface area contributed by atoms with E-state index in [0.717, 1.165) is 5.56 Å². The Balaban J connectivity index is 1.81. The molecule has 1 unspecified atom stereocenters. The SMILES string of the molecule is NC(Cc1ccccc1O)C(=O)OC(=O)NCc1ccccc1. The molecule has 2 rings (SSSR count). The highest BCUT2D eigenvalue weighted by molar-refractivity contribution is 5.87. The van der Waals surface area contributed by atoms with Crippen molar-refractivity contribution in [3.8, 4) is 5.75 Å². The summed E-state index contributed by atoms with van der Waals surface area (Å²) in [5.74, 6) is -0.803. The van der Waals surface area contributed by atoms with Crippen LogP contribution in [0.5, 0.6) is 5.75 Å². The van der Waals surface area contributed by atoms with Gasteiger partial charge in [0.05, 0.1) is 0 Å². The third-order valence-corrected chi connectivity index (χ3v) is 3.21. The summed E-state index contributed by atoms with van der Waals surface area (Å²) in [6.07, 6.45) is -0.774. The van der Waals surface area contributed by atoms with Crippen molar-refractivity contribution in [3.05, 3.63) is 65.7 Å². The van der Waals surface area contributed by atoms with Gasteiger partial charge < -0.3 is 20.9 Å². The van der Waals surface area contributed by atoms with E-state index in [-0.39, 0.29) is 18.7 Å². The van der Waals surface area contributed by atoms with Crippen LogP contribution in [0.15, 0.2) is 54.6 Å². The molecule has 23 heavy (non-hydrogen) atoms. The van der Waals surface area contributed by atoms with Crippen molar-refractivity contribution in [1.29, 1.82) is 0 Å². The van der Waals surface area contributed by atoms with Crippen LogP contribution in [0, 0.1) is 0 Å². The number of amides is 1. The summed E-state index contributed by atoms with van der Waals surface area (Å²) in [6.45, 7) is 0.252. The van der Waals surface area contributed by atoms with E-state index < -0.39 is 18.1 Å². The topological polar surface area (TPSA) is 102 Å². The molecule has 0 saturated carbocycles. The van der Waals surface area contributed by atoms with E-state index in [9.17, 15) is 14.7 Å². The van der Waals surface area contributed by atoms with Gasteiger partial charge in [0.15, 0.2) is 0 Å². The first kappa shape index (κ1) is 16.5. The fraction of sp³-hybridized carbons (Fsp3) is 0.176. The molecule has 0 spiro atoms. The van der Waals surface area contributed by atoms with Crippen LogP contribution in [-0.4, -0.2) is 23.2 Å². The molecule has 120 valence electrons. The second-order valence-corrected chi connectivity index (χ2v) is 4.99. The van der Waals surface area contributed by atoms with Gasteiger partial charge >= 0.3 is 12.1 Å². The number of esters is 1. The van der Waals surface area contributed by atoms with E-state index in [1.54, 1.807) is 18.2 Å². The number of phenolic OH excluding ortho intramolecular Hbond substituents is 1. The highest BCUT2D eigenvalue weighted by Crippen LogP contribution is 2.17. The summed E-state index contributed by atoms with van der Waals surface area (Å²) < 4.78 is 4.65. The standard InChI is InChI=1S/C17H18N2O4/c18-14(10-13-8-4-5-9-15(13)20)16(21)23-17(22)19-11-12-6-2-1-3-7-12/h1-9,14,20H,10-11,18H2,(H,19,22). The summed E-state index contributed by atoms with van der Waals surface area (Å²) >= 11 is 0. The lowest BCUT2D eigenvalue weighted by molar-refractivity contribution is -0.138. The van der Waals surface area contributed by atoms with Crippen LogP contribution in [0.25, 0.3) is 0 Å². The molecule has 1 amide bonds. The van der Waals surface area contributed by atoms with E-state index in [1.807, 2.05) is 30.3 Å². The van der Waals surface area contributed by atoms with Crippen LogP contribution in [0.1, 0.15) is 11.1 Å². The highest BCUT2D eigenvalue weighted by atomic mass is 16.6. The second-order valence-electron chi connectivity index (χ2n) is 4.99. The number of hydrogen-bond donors (Lipinski definition) is 3. The first-order valence-electron chi connectivity index (χ1n) is 7.12. The predicted molar refractivity (Wildman–Crippen MR) is 84.6 cm³/mol. The molecule has 0 aliphatic heterocycles. The Labute approximate surface area is 133 Å². The normalized spacial score (nSPS) is 11.5. The molecule has 2 aromatic carbocycles. The molecule has 0 saturated heterocycles. The first-order valence-corrected chi connectivity index (χ1v) is 7.12. The number of hydrogen-bond acceptors (Lipinski definition) is 5. The molecule has 0 aliphatic rings. The minimum atomic E-state index is -1.04. The Morgan fingerprint density at radius 2 is 1.74 bits per heavy atom. The van der Waals surface area contributed by atoms with Gasteiger partial charge in [0, 0.05) is 13.0 Å². The Morgan fingerprint density at radius 3 is 2.43 bits per heavy atom. The predicted octanol–water partition coefficient (Wildman–Crippen LogP) is 1.71. The number of carbonyl (C=O) groups excluding carboxylic acids is 2. The third-order valence-electron chi connectivity index (χ3n) is 3.21. The number of nitrogens with one attached hydrogen (secondary N) is 1. The van der Waals surface area contributed by atoms with Crippen LogP contribution < -0.4 is 11.1 Å². The van der Waals surface area contributed by atoms with Gasteiger partial charge in [-0.2, -0.15) is 0 Å². The fourth-order valence-corrected chi connectivity index (χ4v) is 1.98. The van der Waals surface area contributed by atoms with E-state index in [4.69, 9.17) is 5.73 Å². The van der Waals surface area contributed by atoms with Gasteiger partial charge in [0.2, 0.25) is 0 Å². The van der Waals surface area contributed by atoms with Gasteiger partial charge in [-0.1, -0.05) is 48.5 Å². The van der Waals surface area contributed by atoms with Crippen molar-refractivity contribution in [2.45, 2.75) is 19.0 Å². The van der Waals surface area contributed by atoms with Gasteiger partial charge in [-0.3, -0.25) is 0 Å². The fourth-order valence-electron chi connectivity index (χ4n) is 1.98. The molecule has 6 nitrogen and oxygen atoms in total. The van der Waals surface area contributed by atoms with Gasteiger partial charge in [0.25, 0.3) is 0 Å². The summed E-state index contributed by atoms with van der Waals surface area (Å²) in [5.41, 5.74) is 7.11. The van der Waals surface area contributed by atoms with Crippen molar-refractivity contribution in [2.24, 2.45) is 5.73 Å². The zero-order chi connectivity index (χ0) is 16.7. The van der Waals surface area contributed by atoms with E-state index in [1.165, 1.54) is 6.07 Å². The van der Waals surface area contributed by atoms with Gasteiger partial charge in [0.1, 0.15) is 11.8 Å². The van der Waals surface area contributed by atoms with E-state index >= 15 is 0 Å². The summed E-state index contributed by atoms with van der Waals surface area (Å²) in [7, 11) is 0. The van der Waals surface area contributed by atoms with Crippen molar-refractivity contribution >= 4 is 12.1 Å². The van der Waals surface area contributed by atoms with Crippen molar-refractivity contribution in [2.75, 3.05) is 0 Å². The highest BCUT2D eigenvalue weighted by Gasteiger charge is 2.20. The number of aromatic hydroxyl groups is 1. The maximum Gasteiger partial charge on any atom is 0.415 e. The lowest BCUT2D eigenvalue weighted by Crippen LogP contribution is -2.38. The van der Waals surface area contributed by atoms with Crippen LogP contribution >= 0.6 is 0 Å². The van der Waals surface area contributed by atoms with Crippen LogP contribution in [0.4, 0.5) is 4.79 Å². The smallest absolute Gasteiger partial charge is 0.415 e. The van der Waals surface area contributed by atoms with Crippen molar-refractivity contribution in [3.63, 3.8) is 0 Å². The number of carbonyl (C=O) groups is 2. The number of benzene rings is 2. The molecule has 1 atom stereocenters.